The Morgan fingerprint density at radius 3 is 2.45 bits per heavy atom. The lowest BCUT2D eigenvalue weighted by Gasteiger charge is -2.30. The van der Waals surface area contributed by atoms with Crippen molar-refractivity contribution in [1.82, 2.24) is 9.88 Å². The zero-order chi connectivity index (χ0) is 36.6. The molecule has 51 heavy (non-hydrogen) atoms. The van der Waals surface area contributed by atoms with Crippen molar-refractivity contribution >= 4 is 33.2 Å². The van der Waals surface area contributed by atoms with Crippen molar-refractivity contribution in [1.29, 1.82) is 0 Å². The van der Waals surface area contributed by atoms with E-state index in [0.29, 0.717) is 24.6 Å². The molecule has 14 heteroatoms. The first kappa shape index (κ1) is 39.9. The molecule has 0 aliphatic heterocycles. The Hall–Kier alpha value is -2.30. The second kappa shape index (κ2) is 18.2. The largest absolute Gasteiger partial charge is 0.490 e. The maximum atomic E-state index is 11.8. The van der Waals surface area contributed by atoms with E-state index in [-0.39, 0.29) is 24.9 Å². The topological polar surface area (TPSA) is 170 Å². The summed E-state index contributed by atoms with van der Waals surface area (Å²) in [5.41, 5.74) is 3.59. The summed E-state index contributed by atoms with van der Waals surface area (Å²) in [6, 6.07) is 16.1. The smallest absolute Gasteiger partial charge is 0.148 e. The van der Waals surface area contributed by atoms with Crippen LogP contribution in [0.2, 0.25) is 5.02 Å². The predicted molar refractivity (Wildman–Crippen MR) is 198 cm³/mol. The Morgan fingerprint density at radius 2 is 1.75 bits per heavy atom. The van der Waals surface area contributed by atoms with Crippen LogP contribution in [-0.4, -0.2) is 118 Å². The highest BCUT2D eigenvalue weighted by atomic mass is 35.5. The van der Waals surface area contributed by atoms with Crippen molar-refractivity contribution in [3.05, 3.63) is 77.1 Å². The van der Waals surface area contributed by atoms with Crippen LogP contribution < -0.4 is 4.74 Å². The number of rotatable bonds is 22. The fraction of sp³-hybridized carbons (Fsp3) is 0.541. The van der Waals surface area contributed by atoms with Gasteiger partial charge in [-0.15, -0.1) is 11.8 Å². The number of pyridine rings is 1. The van der Waals surface area contributed by atoms with Crippen LogP contribution in [0.25, 0.3) is 11.1 Å². The Kier molecular flexibility index (Phi) is 14.2. The number of hydrogen-bond donors (Lipinski definition) is 5. The molecular weight excluding hydrogens is 716 g/mol. The molecule has 3 aromatic rings. The summed E-state index contributed by atoms with van der Waals surface area (Å²) in [5.74, 6) is 1.52. The van der Waals surface area contributed by atoms with Crippen LogP contribution in [0.3, 0.4) is 0 Å². The number of aliphatic hydroxyl groups excluding tert-OH is 5. The van der Waals surface area contributed by atoms with E-state index in [1.807, 2.05) is 48.7 Å². The Labute approximate surface area is 309 Å². The number of unbranched alkanes of at least 4 members (excludes halogenated alkanes) is 1. The van der Waals surface area contributed by atoms with Gasteiger partial charge in [0.05, 0.1) is 36.8 Å². The van der Waals surface area contributed by atoms with Crippen LogP contribution >= 0.6 is 23.4 Å². The van der Waals surface area contributed by atoms with E-state index in [9.17, 15) is 28.8 Å². The molecule has 0 unspecified atom stereocenters. The summed E-state index contributed by atoms with van der Waals surface area (Å²) >= 11 is 8.31. The lowest BCUT2D eigenvalue weighted by molar-refractivity contribution is -0.119. The zero-order valence-electron chi connectivity index (χ0n) is 28.8. The van der Waals surface area contributed by atoms with Gasteiger partial charge in [0.25, 0.3) is 0 Å². The minimum absolute atomic E-state index is 0.109. The van der Waals surface area contributed by atoms with Gasteiger partial charge in [-0.25, -0.2) is 8.42 Å². The Bertz CT molecular complexity index is 1690. The number of sulfone groups is 1. The van der Waals surface area contributed by atoms with Crippen molar-refractivity contribution in [3.63, 3.8) is 0 Å². The van der Waals surface area contributed by atoms with Crippen molar-refractivity contribution in [3.8, 4) is 16.9 Å². The maximum absolute atomic E-state index is 11.8. The molecule has 280 valence electrons. The second-order valence-corrected chi connectivity index (χ2v) is 17.4. The fourth-order valence-corrected chi connectivity index (χ4v) is 7.61. The molecule has 2 aliphatic rings. The summed E-state index contributed by atoms with van der Waals surface area (Å²) in [7, 11) is -3.27. The molecule has 0 radical (unpaired) electrons. The monoisotopic (exact) mass is 764 g/mol. The highest BCUT2D eigenvalue weighted by molar-refractivity contribution is 7.99. The number of thioether (sulfide) groups is 1. The van der Waals surface area contributed by atoms with Gasteiger partial charge < -0.3 is 35.0 Å². The van der Waals surface area contributed by atoms with E-state index in [2.05, 4.69) is 11.1 Å². The molecule has 2 fully saturated rings. The minimum Gasteiger partial charge on any atom is -0.490 e. The molecular formula is C37H49ClN2O9S2. The normalized spacial score (nSPS) is 18.0. The number of aliphatic hydroxyl groups is 5. The predicted octanol–water partition coefficient (Wildman–Crippen LogP) is 3.80. The quantitative estimate of drug-likeness (QED) is 0.0743. The third-order valence-electron chi connectivity index (χ3n) is 9.22. The SMILES string of the molecule is CS(=O)(=O)CCN(CCCCSc1ccc(Cl)c(COC2(c3cnccc3-c3ccccc3OC3CC3)CC2)c1)C[C@H](O)[C@@H](O)[C@H](O)[C@H](O)CO. The van der Waals surface area contributed by atoms with Crippen molar-refractivity contribution in [2.75, 3.05) is 44.0 Å². The first-order chi connectivity index (χ1) is 24.4. The van der Waals surface area contributed by atoms with Gasteiger partial charge in [0.15, 0.2) is 0 Å². The summed E-state index contributed by atoms with van der Waals surface area (Å²) < 4.78 is 36.5. The molecule has 0 amide bonds. The third kappa shape index (κ3) is 11.6. The van der Waals surface area contributed by atoms with E-state index in [1.165, 1.54) is 0 Å². The van der Waals surface area contributed by atoms with Crippen molar-refractivity contribution < 1.29 is 43.4 Å². The number of para-hydroxylation sites is 1. The highest BCUT2D eigenvalue weighted by Gasteiger charge is 2.48. The number of nitrogens with zero attached hydrogens (tertiary/aromatic N) is 2. The van der Waals surface area contributed by atoms with E-state index < -0.39 is 46.5 Å². The average molecular weight is 765 g/mol. The van der Waals surface area contributed by atoms with Gasteiger partial charge in [0.2, 0.25) is 0 Å². The van der Waals surface area contributed by atoms with Crippen LogP contribution in [0.1, 0.15) is 49.7 Å². The summed E-state index contributed by atoms with van der Waals surface area (Å²) in [6.45, 7) is 0.0463. The maximum Gasteiger partial charge on any atom is 0.148 e. The molecule has 2 aromatic carbocycles. The number of aromatic nitrogens is 1. The molecule has 0 bridgehead atoms. The van der Waals surface area contributed by atoms with Gasteiger partial charge in [0, 0.05) is 52.8 Å². The molecule has 5 N–H and O–H groups in total. The molecule has 5 rings (SSSR count). The average Bonchev–Trinajstić information content (AvgIpc) is 4.07. The first-order valence-electron chi connectivity index (χ1n) is 17.4. The van der Waals surface area contributed by atoms with Crippen LogP contribution in [0.4, 0.5) is 0 Å². The van der Waals surface area contributed by atoms with Crippen LogP contribution in [0, 0.1) is 0 Å². The van der Waals surface area contributed by atoms with E-state index in [4.69, 9.17) is 26.2 Å². The van der Waals surface area contributed by atoms with E-state index >= 15 is 0 Å². The summed E-state index contributed by atoms with van der Waals surface area (Å²) in [6.07, 6.45) is 4.00. The van der Waals surface area contributed by atoms with Gasteiger partial charge in [0.1, 0.15) is 33.9 Å². The molecule has 2 aliphatic carbocycles. The number of hydrogen-bond acceptors (Lipinski definition) is 12. The lowest BCUT2D eigenvalue weighted by atomic mass is 9.96. The van der Waals surface area contributed by atoms with Crippen LogP contribution in [-0.2, 0) is 26.8 Å². The van der Waals surface area contributed by atoms with Gasteiger partial charge >= 0.3 is 0 Å². The number of ether oxygens (including phenoxy) is 2. The van der Waals surface area contributed by atoms with Crippen LogP contribution in [0.15, 0.2) is 65.8 Å². The minimum atomic E-state index is -3.27. The second-order valence-electron chi connectivity index (χ2n) is 13.6. The highest BCUT2D eigenvalue weighted by Crippen LogP contribution is 2.53. The Morgan fingerprint density at radius 1 is 1.00 bits per heavy atom. The van der Waals surface area contributed by atoms with Gasteiger partial charge in [-0.3, -0.25) is 9.88 Å². The zero-order valence-corrected chi connectivity index (χ0v) is 31.2. The lowest BCUT2D eigenvalue weighted by Crippen LogP contribution is -2.50. The molecule has 0 spiro atoms. The molecule has 4 atom stereocenters. The van der Waals surface area contributed by atoms with E-state index in [1.54, 1.807) is 22.9 Å². The summed E-state index contributed by atoms with van der Waals surface area (Å²) in [4.78, 5) is 7.21. The Balaban J connectivity index is 1.15. The summed E-state index contributed by atoms with van der Waals surface area (Å²) in [5, 5.41) is 50.0. The fourth-order valence-electron chi connectivity index (χ4n) is 5.87. The standard InChI is InChI=1S/C37H49ClN2O9S2/c1-51(46,47)19-17-40(22-32(42)35(44)36(45)33(43)23-41)16-4-5-18-50-27-10-11-31(38)25(20-27)24-48-37(13-14-37)30-21-39-15-12-28(30)29-6-2-3-7-34(29)49-26-8-9-26/h2-3,6-7,10-12,15,20-21,26,32-33,35-36,41-45H,4-5,8-9,13-14,16-19,22-24H2,1H3/t32-,33+,35+,36+/m0/s1. The number of benzene rings is 2. The van der Waals surface area contributed by atoms with Crippen molar-refractivity contribution in [2.24, 2.45) is 0 Å². The van der Waals surface area contributed by atoms with Gasteiger partial charge in [-0.1, -0.05) is 29.8 Å². The molecule has 1 heterocycles. The molecule has 1 aromatic heterocycles. The van der Waals surface area contributed by atoms with Crippen LogP contribution in [0.5, 0.6) is 5.75 Å². The van der Waals surface area contributed by atoms with E-state index in [0.717, 1.165) is 77.0 Å². The van der Waals surface area contributed by atoms with Crippen molar-refractivity contribution in [2.45, 2.75) is 86.1 Å². The van der Waals surface area contributed by atoms with Gasteiger partial charge in [-0.05, 0) is 92.3 Å². The molecule has 0 saturated heterocycles. The van der Waals surface area contributed by atoms with Gasteiger partial charge in [-0.2, -0.15) is 0 Å². The molecule has 2 saturated carbocycles. The first-order valence-corrected chi connectivity index (χ1v) is 20.8. The third-order valence-corrected chi connectivity index (χ3v) is 11.6. The molecule has 11 nitrogen and oxygen atoms in total. The number of halogens is 1.